The fourth-order valence-electron chi connectivity index (χ4n) is 2.62. The van der Waals surface area contributed by atoms with Crippen LogP contribution in [-0.4, -0.2) is 9.55 Å². The molecule has 0 bridgehead atoms. The van der Waals surface area contributed by atoms with Crippen molar-refractivity contribution in [2.24, 2.45) is 5.92 Å². The topological polar surface area (TPSA) is 17.8 Å². The lowest BCUT2D eigenvalue weighted by molar-refractivity contribution is 0.410. The molecule has 0 saturated heterocycles. The molecule has 1 aliphatic rings. The third-order valence-corrected chi connectivity index (χ3v) is 3.70. The number of aromatic nitrogens is 2. The summed E-state index contributed by atoms with van der Waals surface area (Å²) < 4.78 is 15.2. The van der Waals surface area contributed by atoms with Crippen molar-refractivity contribution >= 4 is 0 Å². The van der Waals surface area contributed by atoms with Crippen LogP contribution in [-0.2, 0) is 19.4 Å². The summed E-state index contributed by atoms with van der Waals surface area (Å²) in [5.41, 5.74) is 2.45. The summed E-state index contributed by atoms with van der Waals surface area (Å²) in [6.07, 6.45) is 5.12. The van der Waals surface area contributed by atoms with E-state index in [-0.39, 0.29) is 5.82 Å². The van der Waals surface area contributed by atoms with Gasteiger partial charge >= 0.3 is 0 Å². The highest BCUT2D eigenvalue weighted by Gasteiger charge is 2.18. The van der Waals surface area contributed by atoms with E-state index in [9.17, 15) is 4.39 Å². The van der Waals surface area contributed by atoms with Crippen LogP contribution in [0.2, 0.25) is 0 Å². The van der Waals surface area contributed by atoms with Crippen molar-refractivity contribution in [2.75, 3.05) is 0 Å². The monoisotopic (exact) mass is 244 g/mol. The number of halogens is 1. The Bertz CT molecular complexity index is 542. The van der Waals surface area contributed by atoms with E-state index < -0.39 is 0 Å². The Balaban J connectivity index is 1.83. The Labute approximate surface area is 106 Å². The fourth-order valence-corrected chi connectivity index (χ4v) is 2.62. The zero-order valence-corrected chi connectivity index (χ0v) is 10.6. The van der Waals surface area contributed by atoms with Crippen molar-refractivity contribution in [3.8, 4) is 0 Å². The summed E-state index contributed by atoms with van der Waals surface area (Å²) in [4.78, 5) is 4.52. The van der Waals surface area contributed by atoms with Gasteiger partial charge in [0.1, 0.15) is 11.6 Å². The summed E-state index contributed by atoms with van der Waals surface area (Å²) in [5, 5.41) is 0. The Morgan fingerprint density at radius 3 is 2.89 bits per heavy atom. The van der Waals surface area contributed by atoms with E-state index in [0.29, 0.717) is 0 Å². The molecule has 1 unspecified atom stereocenters. The van der Waals surface area contributed by atoms with E-state index in [4.69, 9.17) is 0 Å². The second-order valence-electron chi connectivity index (χ2n) is 5.22. The number of hydrogen-bond acceptors (Lipinski definition) is 1. The van der Waals surface area contributed by atoms with Gasteiger partial charge in [-0.15, -0.1) is 0 Å². The number of rotatable bonds is 2. The normalized spacial score (nSPS) is 18.7. The first-order valence-corrected chi connectivity index (χ1v) is 6.50. The van der Waals surface area contributed by atoms with E-state index in [2.05, 4.69) is 16.5 Å². The van der Waals surface area contributed by atoms with Crippen molar-refractivity contribution in [2.45, 2.75) is 32.7 Å². The molecule has 1 aromatic heterocycles. The molecule has 18 heavy (non-hydrogen) atoms. The molecule has 3 rings (SSSR count). The van der Waals surface area contributed by atoms with Crippen molar-refractivity contribution in [1.82, 2.24) is 9.55 Å². The van der Waals surface area contributed by atoms with Crippen LogP contribution in [0, 0.1) is 11.7 Å². The second kappa shape index (κ2) is 4.56. The van der Waals surface area contributed by atoms with Crippen LogP contribution in [0.25, 0.3) is 0 Å². The highest BCUT2D eigenvalue weighted by atomic mass is 19.1. The molecular weight excluding hydrogens is 227 g/mol. The van der Waals surface area contributed by atoms with Gasteiger partial charge in [0.2, 0.25) is 0 Å². The van der Waals surface area contributed by atoms with Crippen LogP contribution in [0.5, 0.6) is 0 Å². The summed E-state index contributed by atoms with van der Waals surface area (Å²) >= 11 is 0. The van der Waals surface area contributed by atoms with Gasteiger partial charge in [0.15, 0.2) is 0 Å². The molecule has 0 radical (unpaired) electrons. The highest BCUT2D eigenvalue weighted by Crippen LogP contribution is 2.22. The van der Waals surface area contributed by atoms with Gasteiger partial charge in [-0.1, -0.05) is 19.1 Å². The van der Waals surface area contributed by atoms with E-state index in [1.54, 1.807) is 0 Å². The number of hydrogen-bond donors (Lipinski definition) is 0. The standard InChI is InChI=1S/C15H17FN2/c1-11-6-7-18-14(8-11)10-17-15(18)9-12-2-4-13(16)5-3-12/h2-5,10-11H,6-9H2,1H3. The van der Waals surface area contributed by atoms with Gasteiger partial charge in [0.05, 0.1) is 0 Å². The molecule has 0 saturated carbocycles. The zero-order valence-electron chi connectivity index (χ0n) is 10.6. The minimum Gasteiger partial charge on any atom is -0.332 e. The third kappa shape index (κ3) is 2.17. The van der Waals surface area contributed by atoms with Crippen molar-refractivity contribution in [1.29, 1.82) is 0 Å². The molecule has 3 heteroatoms. The number of nitrogens with zero attached hydrogens (tertiary/aromatic N) is 2. The summed E-state index contributed by atoms with van der Waals surface area (Å²) in [6.45, 7) is 3.35. The van der Waals surface area contributed by atoms with E-state index >= 15 is 0 Å². The average Bonchev–Trinajstić information content (AvgIpc) is 2.74. The quantitative estimate of drug-likeness (QED) is 0.793. The second-order valence-corrected chi connectivity index (χ2v) is 5.22. The lowest BCUT2D eigenvalue weighted by Crippen LogP contribution is -2.18. The minimum absolute atomic E-state index is 0.183. The van der Waals surface area contributed by atoms with Gasteiger partial charge in [-0.05, 0) is 36.5 Å². The van der Waals surface area contributed by atoms with E-state index in [0.717, 1.165) is 36.7 Å². The fraction of sp³-hybridized carbons (Fsp3) is 0.400. The SMILES string of the molecule is CC1CCn2c(cnc2Cc2ccc(F)cc2)C1. The van der Waals surface area contributed by atoms with Crippen LogP contribution < -0.4 is 0 Å². The predicted molar refractivity (Wildman–Crippen MR) is 68.9 cm³/mol. The lowest BCUT2D eigenvalue weighted by atomic mass is 9.98. The highest BCUT2D eigenvalue weighted by molar-refractivity contribution is 5.21. The number of benzene rings is 1. The van der Waals surface area contributed by atoms with Crippen LogP contribution in [0.3, 0.4) is 0 Å². The van der Waals surface area contributed by atoms with Gasteiger partial charge < -0.3 is 4.57 Å². The Kier molecular flexibility index (Phi) is 2.90. The summed E-state index contributed by atoms with van der Waals surface area (Å²) in [5.74, 6) is 1.68. The Morgan fingerprint density at radius 1 is 1.33 bits per heavy atom. The zero-order chi connectivity index (χ0) is 12.5. The van der Waals surface area contributed by atoms with Gasteiger partial charge in [0.25, 0.3) is 0 Å². The maximum Gasteiger partial charge on any atom is 0.123 e. The van der Waals surface area contributed by atoms with Crippen LogP contribution in [0.4, 0.5) is 4.39 Å². The maximum atomic E-state index is 12.9. The van der Waals surface area contributed by atoms with Crippen LogP contribution in [0.1, 0.15) is 30.4 Å². The number of imidazole rings is 1. The van der Waals surface area contributed by atoms with Crippen molar-refractivity contribution in [3.05, 3.63) is 53.4 Å². The molecule has 0 amide bonds. The number of fused-ring (bicyclic) bond motifs is 1. The van der Waals surface area contributed by atoms with E-state index in [1.165, 1.54) is 24.2 Å². The lowest BCUT2D eigenvalue weighted by Gasteiger charge is -2.21. The molecule has 0 aliphatic carbocycles. The molecule has 0 N–H and O–H groups in total. The maximum absolute atomic E-state index is 12.9. The predicted octanol–water partition coefficient (Wildman–Crippen LogP) is 3.20. The van der Waals surface area contributed by atoms with Crippen LogP contribution in [0.15, 0.2) is 30.5 Å². The van der Waals surface area contributed by atoms with Gasteiger partial charge in [0, 0.05) is 24.9 Å². The Hall–Kier alpha value is -1.64. The minimum atomic E-state index is -0.183. The molecule has 2 aromatic rings. The largest absolute Gasteiger partial charge is 0.332 e. The first kappa shape index (κ1) is 11.5. The molecule has 2 heterocycles. The molecule has 1 aromatic carbocycles. The first-order chi connectivity index (χ1) is 8.72. The smallest absolute Gasteiger partial charge is 0.123 e. The molecule has 0 fully saturated rings. The molecular formula is C15H17FN2. The molecule has 94 valence electrons. The molecule has 1 atom stereocenters. The third-order valence-electron chi connectivity index (χ3n) is 3.70. The summed E-state index contributed by atoms with van der Waals surface area (Å²) in [6, 6.07) is 6.69. The average molecular weight is 244 g/mol. The van der Waals surface area contributed by atoms with Crippen LogP contribution >= 0.6 is 0 Å². The first-order valence-electron chi connectivity index (χ1n) is 6.50. The Morgan fingerprint density at radius 2 is 2.11 bits per heavy atom. The molecule has 1 aliphatic heterocycles. The van der Waals surface area contributed by atoms with Gasteiger partial charge in [-0.2, -0.15) is 0 Å². The molecule has 2 nitrogen and oxygen atoms in total. The van der Waals surface area contributed by atoms with E-state index in [1.807, 2.05) is 18.3 Å². The summed E-state index contributed by atoms with van der Waals surface area (Å²) in [7, 11) is 0. The van der Waals surface area contributed by atoms with Gasteiger partial charge in [-0.3, -0.25) is 0 Å². The van der Waals surface area contributed by atoms with Gasteiger partial charge in [-0.25, -0.2) is 9.37 Å². The van der Waals surface area contributed by atoms with Crippen molar-refractivity contribution < 1.29 is 4.39 Å². The molecule has 0 spiro atoms. The van der Waals surface area contributed by atoms with Crippen molar-refractivity contribution in [3.63, 3.8) is 0 Å².